The predicted octanol–water partition coefficient (Wildman–Crippen LogP) is 6.00. The highest BCUT2D eigenvalue weighted by atomic mass is 32.2. The number of fused-ring (bicyclic) bond motifs is 1. The molecule has 6 nitrogen and oxygen atoms in total. The van der Waals surface area contributed by atoms with Gasteiger partial charge in [-0.05, 0) is 77.9 Å². The molecule has 4 aromatic rings. The summed E-state index contributed by atoms with van der Waals surface area (Å²) in [5.74, 6) is -0.336. The van der Waals surface area contributed by atoms with Gasteiger partial charge in [0.1, 0.15) is 0 Å². The summed E-state index contributed by atoms with van der Waals surface area (Å²) in [4.78, 5) is 16.0. The van der Waals surface area contributed by atoms with E-state index in [9.17, 15) is 13.2 Å². The Balaban J connectivity index is 1.08. The third kappa shape index (κ3) is 6.49. The number of carbonyl (C=O) groups is 1. The fraction of sp³-hybridized carbons (Fsp3) is 0.270. The lowest BCUT2D eigenvalue weighted by Gasteiger charge is -2.25. The van der Waals surface area contributed by atoms with Gasteiger partial charge in [0.25, 0.3) is 10.0 Å². The maximum absolute atomic E-state index is 13.5. The average Bonchev–Trinajstić information content (AvgIpc) is 3.56. The standard InChI is InChI=1S/C37H39N3O3S/c1-3-34-24-37(34,27(2)39-44(42,43)35-15-9-12-29(23-35)17-16-28-10-5-4-6-11-28)38-36(41)33-20-21-40(26-33)25-30-18-19-31-13-7-8-14-32(31)22-30/h3-15,18-19,22-23,33-34,39H,1-2,16-17,20-21,24-26H2,(H,38,41)/t33-,34+,37-/m0/s1. The first-order valence-corrected chi connectivity index (χ1v) is 16.7. The molecule has 0 spiro atoms. The Morgan fingerprint density at radius 2 is 1.61 bits per heavy atom. The molecule has 1 amide bonds. The van der Waals surface area contributed by atoms with Crippen LogP contribution >= 0.6 is 0 Å². The highest BCUT2D eigenvalue weighted by Gasteiger charge is 2.57. The Hall–Kier alpha value is -4.20. The molecule has 1 saturated carbocycles. The van der Waals surface area contributed by atoms with Crippen LogP contribution in [0.2, 0.25) is 0 Å². The number of hydrogen-bond donors (Lipinski definition) is 2. The zero-order chi connectivity index (χ0) is 30.7. The number of hydrogen-bond acceptors (Lipinski definition) is 4. The first-order chi connectivity index (χ1) is 21.3. The Morgan fingerprint density at radius 1 is 0.886 bits per heavy atom. The van der Waals surface area contributed by atoms with Crippen molar-refractivity contribution >= 4 is 26.7 Å². The van der Waals surface area contributed by atoms with Crippen LogP contribution in [0.5, 0.6) is 0 Å². The highest BCUT2D eigenvalue weighted by Crippen LogP contribution is 2.49. The number of nitrogens with zero attached hydrogens (tertiary/aromatic N) is 1. The molecule has 0 aromatic heterocycles. The van der Waals surface area contributed by atoms with E-state index in [-0.39, 0.29) is 28.3 Å². The molecule has 1 heterocycles. The van der Waals surface area contributed by atoms with Crippen LogP contribution in [-0.2, 0) is 34.2 Å². The Bertz CT molecular complexity index is 1800. The van der Waals surface area contributed by atoms with Gasteiger partial charge in [0.2, 0.25) is 5.91 Å². The first-order valence-electron chi connectivity index (χ1n) is 15.3. The van der Waals surface area contributed by atoms with E-state index in [0.29, 0.717) is 13.0 Å². The van der Waals surface area contributed by atoms with Gasteiger partial charge < -0.3 is 5.32 Å². The molecule has 1 saturated heterocycles. The quantitative estimate of drug-likeness (QED) is 0.194. The summed E-state index contributed by atoms with van der Waals surface area (Å²) >= 11 is 0. The van der Waals surface area contributed by atoms with Crippen molar-refractivity contribution in [3.8, 4) is 0 Å². The molecule has 7 heteroatoms. The summed E-state index contributed by atoms with van der Waals surface area (Å²) in [5, 5.41) is 5.61. The van der Waals surface area contributed by atoms with Gasteiger partial charge in [-0.25, -0.2) is 8.42 Å². The van der Waals surface area contributed by atoms with E-state index < -0.39 is 15.6 Å². The van der Waals surface area contributed by atoms with Gasteiger partial charge in [0.05, 0.1) is 16.4 Å². The molecule has 3 atom stereocenters. The van der Waals surface area contributed by atoms with Crippen LogP contribution in [0, 0.1) is 11.8 Å². The van der Waals surface area contributed by atoms with Gasteiger partial charge in [-0.2, -0.15) is 0 Å². The van der Waals surface area contributed by atoms with Crippen molar-refractivity contribution in [2.45, 2.75) is 42.7 Å². The molecule has 0 bridgehead atoms. The number of aryl methyl sites for hydroxylation is 2. The molecule has 1 aliphatic carbocycles. The van der Waals surface area contributed by atoms with Crippen LogP contribution in [0.3, 0.4) is 0 Å². The summed E-state index contributed by atoms with van der Waals surface area (Å²) < 4.78 is 29.6. The average molecular weight is 606 g/mol. The number of likely N-dealkylation sites (tertiary alicyclic amines) is 1. The molecule has 4 aromatic carbocycles. The van der Waals surface area contributed by atoms with Crippen LogP contribution in [0.15, 0.2) is 127 Å². The summed E-state index contributed by atoms with van der Waals surface area (Å²) in [6.07, 6.45) is 4.63. The van der Waals surface area contributed by atoms with E-state index in [1.54, 1.807) is 24.3 Å². The number of nitrogens with one attached hydrogen (secondary N) is 2. The lowest BCUT2D eigenvalue weighted by atomic mass is 10.0. The third-order valence-corrected chi connectivity index (χ3v) is 10.4. The van der Waals surface area contributed by atoms with Crippen LogP contribution in [0.4, 0.5) is 0 Å². The largest absolute Gasteiger partial charge is 0.344 e. The maximum Gasteiger partial charge on any atom is 0.261 e. The Morgan fingerprint density at radius 3 is 2.39 bits per heavy atom. The van der Waals surface area contributed by atoms with E-state index in [1.807, 2.05) is 36.4 Å². The van der Waals surface area contributed by atoms with Gasteiger partial charge in [0.15, 0.2) is 0 Å². The molecule has 2 fully saturated rings. The normalized spacial score (nSPS) is 21.5. The van der Waals surface area contributed by atoms with Crippen molar-refractivity contribution in [2.75, 3.05) is 13.1 Å². The van der Waals surface area contributed by atoms with Crippen molar-refractivity contribution in [3.05, 3.63) is 139 Å². The topological polar surface area (TPSA) is 78.5 Å². The summed E-state index contributed by atoms with van der Waals surface area (Å²) in [7, 11) is -3.90. The van der Waals surface area contributed by atoms with Crippen molar-refractivity contribution < 1.29 is 13.2 Å². The van der Waals surface area contributed by atoms with E-state index in [1.165, 1.54) is 21.9 Å². The van der Waals surface area contributed by atoms with Gasteiger partial charge in [0, 0.05) is 24.7 Å². The molecular formula is C37H39N3O3S. The van der Waals surface area contributed by atoms with Crippen LogP contribution in [0.1, 0.15) is 29.5 Å². The van der Waals surface area contributed by atoms with Crippen LogP contribution < -0.4 is 10.0 Å². The summed E-state index contributed by atoms with van der Waals surface area (Å²) in [5.41, 5.74) is 2.77. The maximum atomic E-state index is 13.5. The zero-order valence-corrected chi connectivity index (χ0v) is 25.7. The smallest absolute Gasteiger partial charge is 0.261 e. The predicted molar refractivity (Wildman–Crippen MR) is 176 cm³/mol. The zero-order valence-electron chi connectivity index (χ0n) is 24.9. The van der Waals surface area contributed by atoms with Crippen molar-refractivity contribution in [2.24, 2.45) is 11.8 Å². The molecule has 226 valence electrons. The van der Waals surface area contributed by atoms with Crippen molar-refractivity contribution in [3.63, 3.8) is 0 Å². The monoisotopic (exact) mass is 605 g/mol. The summed E-state index contributed by atoms with van der Waals surface area (Å²) in [6.45, 7) is 10.3. The minimum absolute atomic E-state index is 0.0707. The minimum Gasteiger partial charge on any atom is -0.344 e. The third-order valence-electron chi connectivity index (χ3n) is 9.06. The fourth-order valence-corrected chi connectivity index (χ4v) is 7.55. The molecule has 44 heavy (non-hydrogen) atoms. The van der Waals surface area contributed by atoms with E-state index in [4.69, 9.17) is 0 Å². The van der Waals surface area contributed by atoms with Crippen molar-refractivity contribution in [1.82, 2.24) is 14.9 Å². The second-order valence-electron chi connectivity index (χ2n) is 12.1. The number of carbonyl (C=O) groups excluding carboxylic acids is 1. The minimum atomic E-state index is -3.90. The number of rotatable bonds is 12. The fourth-order valence-electron chi connectivity index (χ4n) is 6.36. The first kappa shape index (κ1) is 29.9. The molecule has 2 N–H and O–H groups in total. The SMILES string of the molecule is C=C[C@@H]1C[C@]1(NC(=O)[C@H]1CCN(Cc2ccc3ccccc3c2)C1)C(=C)NS(=O)(=O)c1cccc(CCc2ccccc2)c1. The van der Waals surface area contributed by atoms with Gasteiger partial charge in [-0.3, -0.25) is 14.4 Å². The van der Waals surface area contributed by atoms with Crippen molar-refractivity contribution in [1.29, 1.82) is 0 Å². The molecule has 6 rings (SSSR count). The lowest BCUT2D eigenvalue weighted by molar-refractivity contribution is -0.125. The Labute approximate surface area is 260 Å². The second kappa shape index (κ2) is 12.4. The van der Waals surface area contributed by atoms with E-state index in [2.05, 4.69) is 70.6 Å². The summed E-state index contributed by atoms with van der Waals surface area (Å²) in [6, 6.07) is 32.0. The van der Waals surface area contributed by atoms with Gasteiger partial charge in [-0.1, -0.05) is 91.5 Å². The molecular weight excluding hydrogens is 566 g/mol. The van der Waals surface area contributed by atoms with Crippen LogP contribution in [0.25, 0.3) is 10.8 Å². The molecule has 1 aliphatic heterocycles. The number of amides is 1. The number of sulfonamides is 1. The van der Waals surface area contributed by atoms with Crippen LogP contribution in [-0.4, -0.2) is 37.9 Å². The van der Waals surface area contributed by atoms with Gasteiger partial charge >= 0.3 is 0 Å². The molecule has 0 radical (unpaired) electrons. The highest BCUT2D eigenvalue weighted by molar-refractivity contribution is 7.89. The number of benzene rings is 4. The second-order valence-corrected chi connectivity index (χ2v) is 13.8. The van der Waals surface area contributed by atoms with E-state index in [0.717, 1.165) is 37.9 Å². The van der Waals surface area contributed by atoms with Gasteiger partial charge in [-0.15, -0.1) is 6.58 Å². The molecule has 0 unspecified atom stereocenters. The lowest BCUT2D eigenvalue weighted by Crippen LogP contribution is -2.47. The van der Waals surface area contributed by atoms with E-state index >= 15 is 0 Å². The Kier molecular flexibility index (Phi) is 8.43. The molecule has 2 aliphatic rings.